The molecule has 0 saturated heterocycles. The molecule has 0 heterocycles. The van der Waals surface area contributed by atoms with Gasteiger partial charge in [-0.25, -0.2) is 17.6 Å². The van der Waals surface area contributed by atoms with Crippen molar-refractivity contribution in [3.05, 3.63) is 126 Å². The summed E-state index contributed by atoms with van der Waals surface area (Å²) in [7, 11) is 0. The number of benzene rings is 5. The second-order valence-corrected chi connectivity index (χ2v) is 8.34. The molecule has 178 valence electrons. The summed E-state index contributed by atoms with van der Waals surface area (Å²) in [4.78, 5) is 0. The van der Waals surface area contributed by atoms with E-state index in [4.69, 9.17) is 5.73 Å². The molecule has 0 radical (unpaired) electrons. The van der Waals surface area contributed by atoms with Crippen molar-refractivity contribution in [3.63, 3.8) is 0 Å². The molecule has 0 aromatic heterocycles. The van der Waals surface area contributed by atoms with E-state index >= 15 is 0 Å². The van der Waals surface area contributed by atoms with Gasteiger partial charge in [-0.2, -0.15) is 0 Å². The average Bonchev–Trinajstić information content (AvgIpc) is 2.87. The SMILES string of the molecule is Nc1ccc(-c2ccc(Nc3c(F)cc(-c4ccc(F)cc4)cc3F)cc2-c2ccc(F)cc2)cc1. The quantitative estimate of drug-likeness (QED) is 0.194. The Morgan fingerprint density at radius 2 is 0.972 bits per heavy atom. The largest absolute Gasteiger partial charge is 0.399 e. The molecular weight excluding hydrogens is 464 g/mol. The average molecular weight is 484 g/mol. The maximum absolute atomic E-state index is 15.0. The molecule has 5 aromatic carbocycles. The maximum Gasteiger partial charge on any atom is 0.150 e. The first-order valence-corrected chi connectivity index (χ1v) is 11.2. The minimum Gasteiger partial charge on any atom is -0.399 e. The van der Waals surface area contributed by atoms with Crippen LogP contribution in [0.3, 0.4) is 0 Å². The van der Waals surface area contributed by atoms with Crippen LogP contribution in [-0.2, 0) is 0 Å². The fourth-order valence-corrected chi connectivity index (χ4v) is 4.05. The summed E-state index contributed by atoms with van der Waals surface area (Å²) in [6.07, 6.45) is 0. The summed E-state index contributed by atoms with van der Waals surface area (Å²) >= 11 is 0. The number of nitrogen functional groups attached to an aromatic ring is 1. The van der Waals surface area contributed by atoms with Gasteiger partial charge in [0.1, 0.15) is 29.0 Å². The van der Waals surface area contributed by atoms with Crippen LogP contribution in [0, 0.1) is 23.3 Å². The predicted octanol–water partition coefficient (Wildman–Crippen LogP) is 8.57. The predicted molar refractivity (Wildman–Crippen MR) is 137 cm³/mol. The molecule has 0 fully saturated rings. The molecule has 0 aliphatic heterocycles. The molecular formula is C30H20F4N2. The van der Waals surface area contributed by atoms with Gasteiger partial charge in [0.2, 0.25) is 0 Å². The molecule has 0 spiro atoms. The van der Waals surface area contributed by atoms with Crippen molar-refractivity contribution < 1.29 is 17.6 Å². The van der Waals surface area contributed by atoms with Gasteiger partial charge in [-0.3, -0.25) is 0 Å². The smallest absolute Gasteiger partial charge is 0.150 e. The van der Waals surface area contributed by atoms with Crippen molar-refractivity contribution >= 4 is 17.1 Å². The van der Waals surface area contributed by atoms with E-state index < -0.39 is 17.5 Å². The van der Waals surface area contributed by atoms with Crippen LogP contribution in [0.1, 0.15) is 0 Å². The lowest BCUT2D eigenvalue weighted by Gasteiger charge is -2.16. The van der Waals surface area contributed by atoms with Gasteiger partial charge < -0.3 is 11.1 Å². The molecule has 0 aliphatic rings. The van der Waals surface area contributed by atoms with Gasteiger partial charge in [0.05, 0.1) is 0 Å². The number of hydrogen-bond acceptors (Lipinski definition) is 2. The Morgan fingerprint density at radius 3 is 1.56 bits per heavy atom. The lowest BCUT2D eigenvalue weighted by Crippen LogP contribution is -1.99. The Kier molecular flexibility index (Phi) is 6.17. The van der Waals surface area contributed by atoms with Gasteiger partial charge >= 0.3 is 0 Å². The molecule has 0 unspecified atom stereocenters. The van der Waals surface area contributed by atoms with E-state index in [-0.39, 0.29) is 11.5 Å². The molecule has 2 nitrogen and oxygen atoms in total. The van der Waals surface area contributed by atoms with Gasteiger partial charge in [0, 0.05) is 11.4 Å². The van der Waals surface area contributed by atoms with Gasteiger partial charge in [-0.15, -0.1) is 0 Å². The Labute approximate surface area is 205 Å². The first kappa shape index (κ1) is 23.2. The first-order valence-electron chi connectivity index (χ1n) is 11.2. The van der Waals surface area contributed by atoms with Crippen LogP contribution in [0.4, 0.5) is 34.6 Å². The second-order valence-electron chi connectivity index (χ2n) is 8.34. The molecule has 0 saturated carbocycles. The zero-order valence-corrected chi connectivity index (χ0v) is 18.9. The minimum absolute atomic E-state index is 0.293. The Hall–Kier alpha value is -4.58. The Balaban J connectivity index is 1.54. The standard InChI is InChI=1S/C30H20F4N2/c31-22-7-1-18(2-8-22)21-15-28(33)30(29(34)16-21)36-25-13-14-26(19-5-11-24(35)12-6-19)27(17-25)20-3-9-23(32)10-4-20/h1-17,36H,35H2. The van der Waals surface area contributed by atoms with E-state index in [0.717, 1.165) is 22.3 Å². The van der Waals surface area contributed by atoms with Crippen LogP contribution < -0.4 is 11.1 Å². The van der Waals surface area contributed by atoms with Crippen LogP contribution in [-0.4, -0.2) is 0 Å². The summed E-state index contributed by atoms with van der Waals surface area (Å²) in [6.45, 7) is 0. The van der Waals surface area contributed by atoms with Crippen LogP contribution in [0.2, 0.25) is 0 Å². The van der Waals surface area contributed by atoms with E-state index in [2.05, 4.69) is 5.32 Å². The summed E-state index contributed by atoms with van der Waals surface area (Å²) in [5, 5.41) is 2.83. The lowest BCUT2D eigenvalue weighted by atomic mass is 9.93. The number of rotatable bonds is 5. The molecule has 6 heteroatoms. The first-order chi connectivity index (χ1) is 17.4. The molecule has 0 amide bonds. The highest BCUT2D eigenvalue weighted by Crippen LogP contribution is 2.37. The van der Waals surface area contributed by atoms with E-state index in [9.17, 15) is 17.6 Å². The number of nitrogens with two attached hydrogens (primary N) is 1. The van der Waals surface area contributed by atoms with Crippen molar-refractivity contribution in [3.8, 4) is 33.4 Å². The number of halogens is 4. The maximum atomic E-state index is 15.0. The highest BCUT2D eigenvalue weighted by molar-refractivity contribution is 5.87. The zero-order valence-electron chi connectivity index (χ0n) is 18.9. The molecule has 5 aromatic rings. The minimum atomic E-state index is -0.791. The fraction of sp³-hybridized carbons (Fsp3) is 0. The highest BCUT2D eigenvalue weighted by Gasteiger charge is 2.15. The van der Waals surface area contributed by atoms with Crippen LogP contribution in [0.5, 0.6) is 0 Å². The monoisotopic (exact) mass is 484 g/mol. The molecule has 3 N–H and O–H groups in total. The summed E-state index contributed by atoms with van der Waals surface area (Å²) in [5.41, 5.74) is 10.6. The summed E-state index contributed by atoms with van der Waals surface area (Å²) in [6, 6.07) is 26.4. The van der Waals surface area contributed by atoms with Crippen molar-refractivity contribution in [1.82, 2.24) is 0 Å². The van der Waals surface area contributed by atoms with Crippen LogP contribution in [0.25, 0.3) is 33.4 Å². The van der Waals surface area contributed by atoms with Crippen molar-refractivity contribution in [2.24, 2.45) is 0 Å². The second kappa shape index (κ2) is 9.58. The summed E-state index contributed by atoms with van der Waals surface area (Å²) < 4.78 is 56.8. The van der Waals surface area contributed by atoms with E-state index in [0.29, 0.717) is 22.5 Å². The topological polar surface area (TPSA) is 38.0 Å². The van der Waals surface area contributed by atoms with E-state index in [1.807, 2.05) is 18.2 Å². The molecule has 0 atom stereocenters. The molecule has 0 aliphatic carbocycles. The van der Waals surface area contributed by atoms with E-state index in [1.54, 1.807) is 36.4 Å². The normalized spacial score (nSPS) is 10.9. The van der Waals surface area contributed by atoms with E-state index in [1.165, 1.54) is 48.5 Å². The molecule has 0 bridgehead atoms. The highest BCUT2D eigenvalue weighted by atomic mass is 19.1. The van der Waals surface area contributed by atoms with Crippen molar-refractivity contribution in [2.75, 3.05) is 11.1 Å². The zero-order chi connectivity index (χ0) is 25.2. The number of anilines is 3. The number of nitrogens with one attached hydrogen (secondary N) is 1. The van der Waals surface area contributed by atoms with Gasteiger partial charge in [0.15, 0.2) is 0 Å². The van der Waals surface area contributed by atoms with Crippen LogP contribution in [0.15, 0.2) is 103 Å². The molecule has 36 heavy (non-hydrogen) atoms. The lowest BCUT2D eigenvalue weighted by molar-refractivity contribution is 0.591. The third-order valence-corrected chi connectivity index (χ3v) is 5.89. The number of hydrogen-bond donors (Lipinski definition) is 2. The third kappa shape index (κ3) is 4.79. The van der Waals surface area contributed by atoms with Crippen molar-refractivity contribution in [2.45, 2.75) is 0 Å². The summed E-state index contributed by atoms with van der Waals surface area (Å²) in [5.74, 6) is -2.38. The Bertz CT molecular complexity index is 1500. The van der Waals surface area contributed by atoms with Crippen molar-refractivity contribution in [1.29, 1.82) is 0 Å². The van der Waals surface area contributed by atoms with Gasteiger partial charge in [-0.05, 0) is 94.0 Å². The van der Waals surface area contributed by atoms with Crippen LogP contribution >= 0.6 is 0 Å². The van der Waals surface area contributed by atoms with Gasteiger partial charge in [0.25, 0.3) is 0 Å². The fourth-order valence-electron chi connectivity index (χ4n) is 4.05. The van der Waals surface area contributed by atoms with Gasteiger partial charge in [-0.1, -0.05) is 42.5 Å². The molecule has 5 rings (SSSR count). The third-order valence-electron chi connectivity index (χ3n) is 5.89. The Morgan fingerprint density at radius 1 is 0.472 bits per heavy atom.